The number of hydrogen-bond donors (Lipinski definition) is 4. The summed E-state index contributed by atoms with van der Waals surface area (Å²) in [6, 6.07) is 0. The number of hydrogen-bond acceptors (Lipinski definition) is 8. The number of rotatable bonds is 7. The Kier molecular flexibility index (Phi) is 8.74. The Balaban J connectivity index is 0.000000162. The van der Waals surface area contributed by atoms with Gasteiger partial charge in [0.25, 0.3) is 0 Å². The molecule has 4 saturated heterocycles. The highest BCUT2D eigenvalue weighted by molar-refractivity contribution is 5.21. The van der Waals surface area contributed by atoms with Crippen LogP contribution in [0.25, 0.3) is 0 Å². The van der Waals surface area contributed by atoms with Gasteiger partial charge in [-0.1, -0.05) is 38.8 Å². The van der Waals surface area contributed by atoms with E-state index in [9.17, 15) is 15.3 Å². The van der Waals surface area contributed by atoms with Crippen LogP contribution >= 0.6 is 0 Å². The molecule has 5 aliphatic rings. The SMILES string of the molecule is CCC[C@H]1CC[C@@H]2OC([C@H](O)CO)C[C@]2(CO)O1.CCC[C@H]1CC[C@@H]2O[C@@H]3C[C@]2(C=CC3O)O1. The van der Waals surface area contributed by atoms with E-state index in [2.05, 4.69) is 13.8 Å². The minimum absolute atomic E-state index is 0.0459. The molecule has 0 saturated carbocycles. The molecule has 4 aliphatic heterocycles. The molecular weight excluding hydrogens is 440 g/mol. The summed E-state index contributed by atoms with van der Waals surface area (Å²) in [4.78, 5) is 0. The molecule has 1 spiro atoms. The Labute approximate surface area is 203 Å². The molecule has 4 fully saturated rings. The van der Waals surface area contributed by atoms with Crippen molar-refractivity contribution in [3.63, 3.8) is 0 Å². The van der Waals surface area contributed by atoms with Crippen molar-refractivity contribution in [3.8, 4) is 0 Å². The summed E-state index contributed by atoms with van der Waals surface area (Å²) in [5.41, 5.74) is -0.902. The normalized spacial score (nSPS) is 45.8. The van der Waals surface area contributed by atoms with Gasteiger partial charge in [-0.2, -0.15) is 0 Å². The summed E-state index contributed by atoms with van der Waals surface area (Å²) < 4.78 is 23.9. The van der Waals surface area contributed by atoms with Gasteiger partial charge in [0.05, 0.1) is 55.9 Å². The molecule has 0 aromatic heterocycles. The Morgan fingerprint density at radius 2 is 1.59 bits per heavy atom. The second-order valence-corrected chi connectivity index (χ2v) is 10.7. The predicted octanol–water partition coefficient (Wildman–Crippen LogP) is 2.00. The van der Waals surface area contributed by atoms with Crippen LogP contribution in [0, 0.1) is 0 Å². The van der Waals surface area contributed by atoms with Crippen LogP contribution in [0.2, 0.25) is 0 Å². The molecule has 1 aliphatic carbocycles. The van der Waals surface area contributed by atoms with E-state index in [4.69, 9.17) is 24.1 Å². The van der Waals surface area contributed by atoms with E-state index < -0.39 is 23.9 Å². The standard InChI is InChI=1S/C13H24O5.C13H20O3/c1-2-3-9-4-5-12-13(8-15,18-9)6-11(17-12)10(16)7-14;1-2-3-9-4-5-12-13(16-9)7-6-10(14)11(8-13)15-12/h9-12,14-16H,2-8H2,1H3;6-7,9-12,14H,2-5,8H2,1H3/t9-,10+,11?,12-,13+;9-,10?,11+,12-,13-/m00/s1. The van der Waals surface area contributed by atoms with Gasteiger partial charge in [0.2, 0.25) is 0 Å². The first kappa shape index (κ1) is 26.5. The van der Waals surface area contributed by atoms with Gasteiger partial charge >= 0.3 is 0 Å². The monoisotopic (exact) mass is 484 g/mol. The molecule has 34 heavy (non-hydrogen) atoms. The van der Waals surface area contributed by atoms with Gasteiger partial charge < -0.3 is 39.4 Å². The summed E-state index contributed by atoms with van der Waals surface area (Å²) >= 11 is 0. The van der Waals surface area contributed by atoms with Crippen molar-refractivity contribution in [2.24, 2.45) is 0 Å². The summed E-state index contributed by atoms with van der Waals surface area (Å²) in [6.07, 6.45) is 12.2. The van der Waals surface area contributed by atoms with Gasteiger partial charge in [-0.3, -0.25) is 0 Å². The van der Waals surface area contributed by atoms with Gasteiger partial charge in [0, 0.05) is 12.8 Å². The van der Waals surface area contributed by atoms with E-state index in [1.165, 1.54) is 6.42 Å². The average molecular weight is 485 g/mol. The minimum atomic E-state index is -0.896. The molecule has 4 N–H and O–H groups in total. The van der Waals surface area contributed by atoms with E-state index in [0.717, 1.165) is 51.4 Å². The Morgan fingerprint density at radius 3 is 2.24 bits per heavy atom. The number of aliphatic hydroxyl groups is 4. The third-order valence-corrected chi connectivity index (χ3v) is 8.23. The number of aliphatic hydroxyl groups excluding tert-OH is 4. The van der Waals surface area contributed by atoms with E-state index in [-0.39, 0.29) is 43.2 Å². The molecule has 4 heterocycles. The fraction of sp³-hybridized carbons (Fsp3) is 0.923. The van der Waals surface area contributed by atoms with E-state index in [1.54, 1.807) is 0 Å². The first-order valence-electron chi connectivity index (χ1n) is 13.3. The van der Waals surface area contributed by atoms with E-state index >= 15 is 0 Å². The van der Waals surface area contributed by atoms with Crippen LogP contribution in [0.3, 0.4) is 0 Å². The van der Waals surface area contributed by atoms with E-state index in [1.807, 2.05) is 12.2 Å². The van der Waals surface area contributed by atoms with Crippen molar-refractivity contribution < 1.29 is 39.4 Å². The lowest BCUT2D eigenvalue weighted by Gasteiger charge is -2.40. The maximum Gasteiger partial charge on any atom is 0.120 e. The highest BCUT2D eigenvalue weighted by Gasteiger charge is 2.55. The molecular formula is C26H44O8. The molecule has 2 bridgehead atoms. The first-order valence-corrected chi connectivity index (χ1v) is 13.3. The summed E-state index contributed by atoms with van der Waals surface area (Å²) in [5, 5.41) is 38.1. The smallest absolute Gasteiger partial charge is 0.120 e. The molecule has 10 atom stereocenters. The molecule has 0 aromatic carbocycles. The first-order chi connectivity index (χ1) is 16.4. The fourth-order valence-corrected chi connectivity index (χ4v) is 6.40. The largest absolute Gasteiger partial charge is 0.394 e. The summed E-state index contributed by atoms with van der Waals surface area (Å²) in [6.45, 7) is 3.90. The van der Waals surface area contributed by atoms with E-state index in [0.29, 0.717) is 12.5 Å². The summed E-state index contributed by atoms with van der Waals surface area (Å²) in [7, 11) is 0. The molecule has 8 heteroatoms. The van der Waals surface area contributed by atoms with Crippen LogP contribution in [-0.4, -0.2) is 93.7 Å². The second kappa shape index (κ2) is 11.2. The van der Waals surface area contributed by atoms with Gasteiger partial charge in [0.1, 0.15) is 17.3 Å². The van der Waals surface area contributed by atoms with Crippen LogP contribution in [-0.2, 0) is 18.9 Å². The zero-order chi connectivity index (χ0) is 24.3. The molecule has 5 rings (SSSR count). The highest BCUT2D eigenvalue weighted by atomic mass is 16.6. The van der Waals surface area contributed by atoms with Crippen LogP contribution in [0.5, 0.6) is 0 Å². The van der Waals surface area contributed by atoms with Gasteiger partial charge in [-0.25, -0.2) is 0 Å². The Morgan fingerprint density at radius 1 is 0.912 bits per heavy atom. The molecule has 2 unspecified atom stereocenters. The van der Waals surface area contributed by atoms with Crippen LogP contribution in [0.1, 0.15) is 78.1 Å². The quantitative estimate of drug-likeness (QED) is 0.406. The number of ether oxygens (including phenoxy) is 4. The minimum Gasteiger partial charge on any atom is -0.394 e. The van der Waals surface area contributed by atoms with Crippen molar-refractivity contribution in [3.05, 3.63) is 12.2 Å². The van der Waals surface area contributed by atoms with Crippen LogP contribution < -0.4 is 0 Å². The molecule has 8 nitrogen and oxygen atoms in total. The Bertz CT molecular complexity index is 688. The van der Waals surface area contributed by atoms with Crippen molar-refractivity contribution in [1.29, 1.82) is 0 Å². The highest BCUT2D eigenvalue weighted by Crippen LogP contribution is 2.46. The fourth-order valence-electron chi connectivity index (χ4n) is 6.40. The average Bonchev–Trinajstić information content (AvgIpc) is 3.38. The van der Waals surface area contributed by atoms with Crippen molar-refractivity contribution in [1.82, 2.24) is 0 Å². The van der Waals surface area contributed by atoms with Crippen molar-refractivity contribution in [2.75, 3.05) is 13.2 Å². The molecule has 0 radical (unpaired) electrons. The van der Waals surface area contributed by atoms with Gasteiger partial charge in [-0.05, 0) is 38.5 Å². The summed E-state index contributed by atoms with van der Waals surface area (Å²) in [5.74, 6) is 0. The molecule has 196 valence electrons. The maximum absolute atomic E-state index is 9.74. The predicted molar refractivity (Wildman–Crippen MR) is 125 cm³/mol. The topological polar surface area (TPSA) is 118 Å². The maximum atomic E-state index is 9.74. The van der Waals surface area contributed by atoms with Crippen molar-refractivity contribution in [2.45, 2.75) is 138 Å². The Hall–Kier alpha value is -0.580. The zero-order valence-corrected chi connectivity index (χ0v) is 20.7. The van der Waals surface area contributed by atoms with Crippen LogP contribution in [0.15, 0.2) is 12.2 Å². The third kappa shape index (κ3) is 5.25. The zero-order valence-electron chi connectivity index (χ0n) is 20.7. The second-order valence-electron chi connectivity index (χ2n) is 10.7. The molecule has 0 aromatic rings. The lowest BCUT2D eigenvalue weighted by Crippen LogP contribution is -2.51. The third-order valence-electron chi connectivity index (χ3n) is 8.23. The molecule has 0 amide bonds. The van der Waals surface area contributed by atoms with Gasteiger partial charge in [0.15, 0.2) is 0 Å². The number of fused-ring (bicyclic) bond motifs is 2. The lowest BCUT2D eigenvalue weighted by molar-refractivity contribution is -0.185. The van der Waals surface area contributed by atoms with Crippen molar-refractivity contribution >= 4 is 0 Å². The van der Waals surface area contributed by atoms with Crippen LogP contribution in [0.4, 0.5) is 0 Å². The van der Waals surface area contributed by atoms with Gasteiger partial charge in [-0.15, -0.1) is 0 Å². The lowest BCUT2D eigenvalue weighted by atomic mass is 9.82.